The summed E-state index contributed by atoms with van der Waals surface area (Å²) in [6.07, 6.45) is 0. The maximum atomic E-state index is 4.71. The van der Waals surface area contributed by atoms with Crippen molar-refractivity contribution in [3.8, 4) is 19.8 Å². The monoisotopic (exact) mass is 336 g/mol. The van der Waals surface area contributed by atoms with Crippen molar-refractivity contribution in [3.63, 3.8) is 0 Å². The van der Waals surface area contributed by atoms with Gasteiger partial charge in [-0.15, -0.1) is 22.7 Å². The van der Waals surface area contributed by atoms with Crippen LogP contribution < -0.4 is 0 Å². The Morgan fingerprint density at radius 3 is 1.55 bits per heavy atom. The number of fused-ring (bicyclic) bond motifs is 1. The van der Waals surface area contributed by atoms with E-state index in [9.17, 15) is 0 Å². The van der Waals surface area contributed by atoms with E-state index in [2.05, 4.69) is 9.97 Å². The van der Waals surface area contributed by atoms with E-state index in [0.29, 0.717) is 0 Å². The van der Waals surface area contributed by atoms with Gasteiger partial charge in [0.25, 0.3) is 0 Å². The first-order valence-corrected chi connectivity index (χ1v) is 9.20. The molecule has 0 saturated carbocycles. The molecule has 0 saturated heterocycles. The van der Waals surface area contributed by atoms with Gasteiger partial charge in [0.1, 0.15) is 10.0 Å². The van der Waals surface area contributed by atoms with E-state index in [0.717, 1.165) is 40.8 Å². The summed E-state index contributed by atoms with van der Waals surface area (Å²) in [7, 11) is 0. The van der Waals surface area contributed by atoms with Crippen molar-refractivity contribution in [1.29, 1.82) is 0 Å². The third kappa shape index (κ3) is 1.91. The summed E-state index contributed by atoms with van der Waals surface area (Å²) >= 11 is 6.53. The Balaban J connectivity index is 1.82. The van der Waals surface area contributed by atoms with Crippen LogP contribution in [0.1, 0.15) is 11.4 Å². The summed E-state index contributed by atoms with van der Waals surface area (Å²) in [5.74, 6) is 0. The van der Waals surface area contributed by atoms with Gasteiger partial charge in [-0.3, -0.25) is 0 Å². The Morgan fingerprint density at radius 1 is 0.750 bits per heavy atom. The third-order valence-electron chi connectivity index (χ3n) is 2.86. The van der Waals surface area contributed by atoms with Gasteiger partial charge in [-0.2, -0.15) is 0 Å². The first kappa shape index (κ1) is 12.5. The number of aryl methyl sites for hydroxylation is 2. The van der Waals surface area contributed by atoms with Crippen molar-refractivity contribution in [2.75, 3.05) is 0 Å². The van der Waals surface area contributed by atoms with E-state index < -0.39 is 0 Å². The quantitative estimate of drug-likeness (QED) is 0.536. The first-order chi connectivity index (χ1) is 9.72. The Bertz CT molecular complexity index is 796. The Morgan fingerprint density at radius 2 is 1.20 bits per heavy atom. The van der Waals surface area contributed by atoms with Gasteiger partial charge in [-0.05, 0) is 13.8 Å². The number of thiazole rings is 4. The van der Waals surface area contributed by atoms with Gasteiger partial charge in [-0.25, -0.2) is 19.9 Å². The van der Waals surface area contributed by atoms with Crippen molar-refractivity contribution in [1.82, 2.24) is 19.9 Å². The molecular weight excluding hydrogens is 328 g/mol. The van der Waals surface area contributed by atoms with Crippen LogP contribution in [-0.2, 0) is 0 Å². The highest BCUT2D eigenvalue weighted by Gasteiger charge is 2.17. The second-order valence-corrected chi connectivity index (χ2v) is 7.85. The summed E-state index contributed by atoms with van der Waals surface area (Å²) in [6.45, 7) is 4.03. The number of rotatable bonds is 2. The minimum atomic E-state index is 1.00. The fourth-order valence-electron chi connectivity index (χ4n) is 1.85. The van der Waals surface area contributed by atoms with Crippen LogP contribution >= 0.6 is 45.3 Å². The molecule has 4 aromatic heterocycles. The molecule has 0 unspecified atom stereocenters. The topological polar surface area (TPSA) is 51.6 Å². The predicted molar refractivity (Wildman–Crippen MR) is 87.0 cm³/mol. The zero-order chi connectivity index (χ0) is 13.7. The first-order valence-electron chi connectivity index (χ1n) is 5.80. The predicted octanol–water partition coefficient (Wildman–Crippen LogP) is 4.62. The molecule has 8 heteroatoms. The normalized spacial score (nSPS) is 11.5. The Labute approximate surface area is 130 Å². The van der Waals surface area contributed by atoms with Crippen LogP contribution in [0.15, 0.2) is 11.0 Å². The number of nitrogens with zero attached hydrogens (tertiary/aromatic N) is 4. The molecule has 0 amide bonds. The lowest BCUT2D eigenvalue weighted by Crippen LogP contribution is -1.76. The lowest BCUT2D eigenvalue weighted by atomic mass is 10.4. The average Bonchev–Trinajstić information content (AvgIpc) is 3.10. The molecule has 0 spiro atoms. The Hall–Kier alpha value is -1.22. The highest BCUT2D eigenvalue weighted by molar-refractivity contribution is 7.31. The van der Waals surface area contributed by atoms with Gasteiger partial charge < -0.3 is 0 Å². The zero-order valence-corrected chi connectivity index (χ0v) is 13.8. The van der Waals surface area contributed by atoms with Gasteiger partial charge in [0.15, 0.2) is 9.66 Å². The molecule has 0 aliphatic heterocycles. The zero-order valence-electron chi connectivity index (χ0n) is 10.6. The van der Waals surface area contributed by atoms with Gasteiger partial charge in [0.2, 0.25) is 0 Å². The summed E-state index contributed by atoms with van der Waals surface area (Å²) < 4.78 is 0. The summed E-state index contributed by atoms with van der Waals surface area (Å²) in [5.41, 5.74) is 5.80. The number of aromatic nitrogens is 4. The van der Waals surface area contributed by atoms with Crippen LogP contribution in [0.5, 0.6) is 0 Å². The van der Waals surface area contributed by atoms with Gasteiger partial charge in [-0.1, -0.05) is 22.7 Å². The molecule has 0 fully saturated rings. The van der Waals surface area contributed by atoms with Crippen LogP contribution in [0, 0.1) is 13.8 Å². The number of hydrogen-bond donors (Lipinski definition) is 0. The van der Waals surface area contributed by atoms with E-state index in [-0.39, 0.29) is 0 Å². The molecule has 0 atom stereocenters. The molecule has 0 aromatic carbocycles. The maximum Gasteiger partial charge on any atom is 0.155 e. The molecule has 100 valence electrons. The second-order valence-electron chi connectivity index (χ2n) is 4.18. The molecule has 20 heavy (non-hydrogen) atoms. The highest BCUT2D eigenvalue weighted by Crippen LogP contribution is 2.39. The van der Waals surface area contributed by atoms with E-state index in [4.69, 9.17) is 9.97 Å². The van der Waals surface area contributed by atoms with Crippen molar-refractivity contribution >= 4 is 55.0 Å². The third-order valence-corrected chi connectivity index (χ3v) is 7.05. The standard InChI is InChI=1S/C12H8N4S4/c1-5-7(17-3-13-5)9-15-11-12(19-9)16-10(20-11)8-6(2)14-4-18-8/h3-4H,1-2H3. The van der Waals surface area contributed by atoms with Crippen LogP contribution in [-0.4, -0.2) is 19.9 Å². The minimum absolute atomic E-state index is 1.00. The largest absolute Gasteiger partial charge is 0.249 e. The molecule has 4 rings (SSSR count). The van der Waals surface area contributed by atoms with Crippen molar-refractivity contribution in [3.05, 3.63) is 22.4 Å². The molecule has 0 radical (unpaired) electrons. The Kier molecular flexibility index (Phi) is 2.92. The molecular formula is C12H8N4S4. The lowest BCUT2D eigenvalue weighted by molar-refractivity contribution is 1.26. The summed E-state index contributed by atoms with van der Waals surface area (Å²) in [5, 5.41) is 2.04. The average molecular weight is 336 g/mol. The smallest absolute Gasteiger partial charge is 0.155 e. The van der Waals surface area contributed by atoms with E-state index >= 15 is 0 Å². The van der Waals surface area contributed by atoms with Crippen LogP contribution in [0.2, 0.25) is 0 Å². The summed E-state index contributed by atoms with van der Waals surface area (Å²) in [6, 6.07) is 0. The molecule has 4 aromatic rings. The minimum Gasteiger partial charge on any atom is -0.249 e. The number of hydrogen-bond acceptors (Lipinski definition) is 8. The van der Waals surface area contributed by atoms with E-state index in [1.807, 2.05) is 24.9 Å². The second kappa shape index (κ2) is 4.66. The van der Waals surface area contributed by atoms with Crippen molar-refractivity contribution < 1.29 is 0 Å². The maximum absolute atomic E-state index is 4.71. The van der Waals surface area contributed by atoms with E-state index in [1.165, 1.54) is 0 Å². The van der Waals surface area contributed by atoms with Crippen molar-refractivity contribution in [2.24, 2.45) is 0 Å². The SMILES string of the molecule is Cc1ncsc1-c1nc2sc(-c3scnc3C)nc2s1. The summed E-state index contributed by atoms with van der Waals surface area (Å²) in [4.78, 5) is 22.3. The van der Waals surface area contributed by atoms with Crippen LogP contribution in [0.3, 0.4) is 0 Å². The molecule has 4 nitrogen and oxygen atoms in total. The van der Waals surface area contributed by atoms with Crippen LogP contribution in [0.4, 0.5) is 0 Å². The lowest BCUT2D eigenvalue weighted by Gasteiger charge is -1.91. The van der Waals surface area contributed by atoms with Gasteiger partial charge >= 0.3 is 0 Å². The molecule has 0 aliphatic rings. The molecule has 0 aliphatic carbocycles. The van der Waals surface area contributed by atoms with Gasteiger partial charge in [0.05, 0.1) is 32.2 Å². The van der Waals surface area contributed by atoms with Gasteiger partial charge in [0, 0.05) is 0 Å². The highest BCUT2D eigenvalue weighted by atomic mass is 32.1. The fourth-order valence-corrected chi connectivity index (χ4v) is 5.79. The molecule has 4 heterocycles. The molecule has 0 N–H and O–H groups in total. The van der Waals surface area contributed by atoms with E-state index in [1.54, 1.807) is 45.3 Å². The molecule has 0 bridgehead atoms. The van der Waals surface area contributed by atoms with Crippen molar-refractivity contribution in [2.45, 2.75) is 13.8 Å². The fraction of sp³-hybridized carbons (Fsp3) is 0.167. The van der Waals surface area contributed by atoms with Crippen LogP contribution in [0.25, 0.3) is 29.4 Å².